The van der Waals surface area contributed by atoms with E-state index in [4.69, 9.17) is 4.74 Å². The molecule has 0 saturated carbocycles. The lowest BCUT2D eigenvalue weighted by molar-refractivity contribution is 0.0992. The van der Waals surface area contributed by atoms with Crippen LogP contribution in [-0.4, -0.2) is 17.4 Å². The number of rotatable bonds is 4. The zero-order valence-electron chi connectivity index (χ0n) is 14.0. The molecule has 1 aliphatic rings. The van der Waals surface area contributed by atoms with Crippen molar-refractivity contribution in [2.45, 2.75) is 19.4 Å². The Morgan fingerprint density at radius 3 is 2.65 bits per heavy atom. The highest BCUT2D eigenvalue weighted by Crippen LogP contribution is 2.28. The van der Waals surface area contributed by atoms with Crippen molar-refractivity contribution >= 4 is 22.9 Å². The van der Waals surface area contributed by atoms with E-state index in [9.17, 15) is 9.18 Å². The van der Waals surface area contributed by atoms with E-state index in [1.165, 1.54) is 23.5 Å². The predicted octanol–water partition coefficient (Wildman–Crippen LogP) is 4.45. The second-order valence-corrected chi connectivity index (χ2v) is 7.11. The molecule has 0 saturated heterocycles. The van der Waals surface area contributed by atoms with Gasteiger partial charge < -0.3 is 9.64 Å². The van der Waals surface area contributed by atoms with Gasteiger partial charge in [-0.15, -0.1) is 11.3 Å². The van der Waals surface area contributed by atoms with Gasteiger partial charge in [-0.2, -0.15) is 0 Å². The van der Waals surface area contributed by atoms with E-state index < -0.39 is 0 Å². The summed E-state index contributed by atoms with van der Waals surface area (Å²) in [6.45, 7) is 0.939. The normalized spacial score (nSPS) is 14.0. The molecule has 0 spiro atoms. The molecule has 0 unspecified atom stereocenters. The molecule has 0 N–H and O–H groups in total. The number of benzene rings is 2. The summed E-state index contributed by atoms with van der Waals surface area (Å²) in [5, 5.41) is 0.785. The van der Waals surface area contributed by atoms with Crippen LogP contribution in [0.4, 0.5) is 10.1 Å². The molecule has 4 rings (SSSR count). The van der Waals surface area contributed by atoms with Crippen LogP contribution in [-0.2, 0) is 13.0 Å². The molecule has 0 radical (unpaired) electrons. The van der Waals surface area contributed by atoms with Gasteiger partial charge in [-0.3, -0.25) is 4.79 Å². The molecular weight excluding hydrogens is 351 g/mol. The molecule has 132 valence electrons. The van der Waals surface area contributed by atoms with E-state index in [0.29, 0.717) is 23.7 Å². The first-order valence-corrected chi connectivity index (χ1v) is 9.26. The first-order valence-electron chi connectivity index (χ1n) is 8.44. The maximum Gasteiger partial charge on any atom is 0.270 e. The average Bonchev–Trinajstić information content (AvgIpc) is 3.01. The fraction of sp³-hybridized carbons (Fsp3) is 0.200. The summed E-state index contributed by atoms with van der Waals surface area (Å²) in [5.41, 5.74) is 1.54. The molecule has 3 aromatic rings. The zero-order valence-corrected chi connectivity index (χ0v) is 14.8. The third kappa shape index (κ3) is 3.46. The summed E-state index contributed by atoms with van der Waals surface area (Å²) in [4.78, 5) is 19.9. The van der Waals surface area contributed by atoms with Crippen molar-refractivity contribution in [3.63, 3.8) is 0 Å². The lowest BCUT2D eigenvalue weighted by atomic mass is 10.2. The Labute approximate surface area is 154 Å². The predicted molar refractivity (Wildman–Crippen MR) is 99.3 cm³/mol. The van der Waals surface area contributed by atoms with Gasteiger partial charge in [0, 0.05) is 12.2 Å². The Hall–Kier alpha value is -2.73. The average molecular weight is 368 g/mol. The largest absolute Gasteiger partial charge is 0.486 e. The van der Waals surface area contributed by atoms with Gasteiger partial charge in [-0.05, 0) is 49.2 Å². The van der Waals surface area contributed by atoms with Gasteiger partial charge in [-0.25, -0.2) is 9.37 Å². The molecule has 1 aromatic heterocycles. The minimum absolute atomic E-state index is 0.0763. The summed E-state index contributed by atoms with van der Waals surface area (Å²) < 4.78 is 18.9. The summed E-state index contributed by atoms with van der Waals surface area (Å²) in [6.07, 6.45) is 1.57. The van der Waals surface area contributed by atoms with Crippen molar-refractivity contribution in [3.05, 3.63) is 76.0 Å². The second kappa shape index (κ2) is 7.25. The lowest BCUT2D eigenvalue weighted by Crippen LogP contribution is -2.30. The number of para-hydroxylation sites is 1. The standard InChI is InChI=1S/C20H17FN2O2S/c21-14-8-10-15(11-9-14)23-12-4-7-17-19(20(23)24)26-18(22-17)13-25-16-5-2-1-3-6-16/h1-3,5-6,8-11H,4,7,12-13H2. The van der Waals surface area contributed by atoms with Crippen molar-refractivity contribution in [2.75, 3.05) is 11.4 Å². The number of fused-ring (bicyclic) bond motifs is 1. The number of aryl methyl sites for hydroxylation is 1. The molecule has 0 atom stereocenters. The van der Waals surface area contributed by atoms with Crippen molar-refractivity contribution in [3.8, 4) is 5.75 Å². The van der Waals surface area contributed by atoms with E-state index in [1.54, 1.807) is 17.0 Å². The number of amides is 1. The fourth-order valence-electron chi connectivity index (χ4n) is 2.96. The monoisotopic (exact) mass is 368 g/mol. The topological polar surface area (TPSA) is 42.4 Å². The van der Waals surface area contributed by atoms with Gasteiger partial charge in [0.15, 0.2) is 0 Å². The molecule has 26 heavy (non-hydrogen) atoms. The smallest absolute Gasteiger partial charge is 0.270 e. The molecule has 6 heteroatoms. The van der Waals surface area contributed by atoms with Crippen LogP contribution in [0.15, 0.2) is 54.6 Å². The lowest BCUT2D eigenvalue weighted by Gasteiger charge is -2.20. The van der Waals surface area contributed by atoms with Crippen molar-refractivity contribution < 1.29 is 13.9 Å². The Morgan fingerprint density at radius 1 is 1.12 bits per heavy atom. The Morgan fingerprint density at radius 2 is 1.88 bits per heavy atom. The van der Waals surface area contributed by atoms with E-state index in [2.05, 4.69) is 4.98 Å². The summed E-state index contributed by atoms with van der Waals surface area (Å²) in [7, 11) is 0. The van der Waals surface area contributed by atoms with Crippen molar-refractivity contribution in [1.82, 2.24) is 4.98 Å². The minimum Gasteiger partial charge on any atom is -0.486 e. The Bertz CT molecular complexity index is 909. The quantitative estimate of drug-likeness (QED) is 0.683. The van der Waals surface area contributed by atoms with Gasteiger partial charge in [-0.1, -0.05) is 18.2 Å². The van der Waals surface area contributed by atoms with Crippen LogP contribution < -0.4 is 9.64 Å². The maximum atomic E-state index is 13.2. The number of nitrogens with zero attached hydrogens (tertiary/aromatic N) is 2. The SMILES string of the molecule is O=C1c2sc(COc3ccccc3)nc2CCCN1c1ccc(F)cc1. The highest BCUT2D eigenvalue weighted by Gasteiger charge is 2.27. The number of hydrogen-bond acceptors (Lipinski definition) is 4. The number of thiazole rings is 1. The van der Waals surface area contributed by atoms with Crippen LogP contribution >= 0.6 is 11.3 Å². The van der Waals surface area contributed by atoms with Crippen LogP contribution in [0, 0.1) is 5.82 Å². The molecule has 1 amide bonds. The van der Waals surface area contributed by atoms with Crippen LogP contribution in [0.3, 0.4) is 0 Å². The number of ether oxygens (including phenoxy) is 1. The van der Waals surface area contributed by atoms with Gasteiger partial charge in [0.1, 0.15) is 28.1 Å². The third-order valence-corrected chi connectivity index (χ3v) is 5.28. The van der Waals surface area contributed by atoms with Crippen LogP contribution in [0.5, 0.6) is 5.75 Å². The highest BCUT2D eigenvalue weighted by molar-refractivity contribution is 7.14. The zero-order chi connectivity index (χ0) is 17.9. The van der Waals surface area contributed by atoms with Gasteiger partial charge >= 0.3 is 0 Å². The molecule has 1 aliphatic heterocycles. The molecule has 4 nitrogen and oxygen atoms in total. The van der Waals surface area contributed by atoms with E-state index in [1.807, 2.05) is 30.3 Å². The molecular formula is C20H17FN2O2S. The van der Waals surface area contributed by atoms with Gasteiger partial charge in [0.25, 0.3) is 5.91 Å². The number of aromatic nitrogens is 1. The minimum atomic E-state index is -0.310. The van der Waals surface area contributed by atoms with E-state index >= 15 is 0 Å². The number of carbonyl (C=O) groups is 1. The van der Waals surface area contributed by atoms with E-state index in [-0.39, 0.29) is 11.7 Å². The van der Waals surface area contributed by atoms with E-state index in [0.717, 1.165) is 29.3 Å². The fourth-order valence-corrected chi connectivity index (χ4v) is 3.93. The van der Waals surface area contributed by atoms with Gasteiger partial charge in [0.2, 0.25) is 0 Å². The Kier molecular flexibility index (Phi) is 4.67. The second-order valence-electron chi connectivity index (χ2n) is 6.02. The molecule has 2 heterocycles. The summed E-state index contributed by atoms with van der Waals surface area (Å²) in [5.74, 6) is 0.388. The van der Waals surface area contributed by atoms with Crippen LogP contribution in [0.25, 0.3) is 0 Å². The first-order chi connectivity index (χ1) is 12.7. The van der Waals surface area contributed by atoms with Gasteiger partial charge in [0.05, 0.1) is 5.69 Å². The summed E-state index contributed by atoms with van der Waals surface area (Å²) >= 11 is 1.38. The number of hydrogen-bond donors (Lipinski definition) is 0. The molecule has 2 aromatic carbocycles. The molecule has 0 fully saturated rings. The molecule has 0 aliphatic carbocycles. The van der Waals surface area contributed by atoms with Crippen molar-refractivity contribution in [1.29, 1.82) is 0 Å². The maximum absolute atomic E-state index is 13.2. The first kappa shape index (κ1) is 16.7. The van der Waals surface area contributed by atoms with Crippen LogP contribution in [0.1, 0.15) is 26.8 Å². The Balaban J connectivity index is 1.54. The summed E-state index contributed by atoms with van der Waals surface area (Å²) in [6, 6.07) is 15.6. The highest BCUT2D eigenvalue weighted by atomic mass is 32.1. The van der Waals surface area contributed by atoms with Crippen LogP contribution in [0.2, 0.25) is 0 Å². The number of anilines is 1. The van der Waals surface area contributed by atoms with Crippen molar-refractivity contribution in [2.24, 2.45) is 0 Å². The number of halogens is 1. The third-order valence-electron chi connectivity index (χ3n) is 4.22. The molecule has 0 bridgehead atoms. The number of carbonyl (C=O) groups excluding carboxylic acids is 1.